The van der Waals surface area contributed by atoms with Gasteiger partial charge in [0.05, 0.1) is 11.2 Å². The number of aromatic nitrogens is 2. The van der Waals surface area contributed by atoms with Gasteiger partial charge in [0.15, 0.2) is 10.7 Å². The summed E-state index contributed by atoms with van der Waals surface area (Å²) in [4.78, 5) is 28.8. The number of nitrogens with one attached hydrogen (secondary N) is 1. The molecule has 2 aromatic heterocycles. The first-order chi connectivity index (χ1) is 12.6. The van der Waals surface area contributed by atoms with Crippen molar-refractivity contribution in [3.8, 4) is 11.3 Å². The van der Waals surface area contributed by atoms with Gasteiger partial charge in [-0.25, -0.2) is 9.78 Å². The standard InChI is InChI=1S/C19H15N3O3S/c1-12-6-2-3-7-13(12)14-11-26-18(20-14)21-17(23)10-22-15-8-4-5-9-16(15)25-19(22)24/h2-9,11H,10H2,1H3,(H,20,21,23). The summed E-state index contributed by atoms with van der Waals surface area (Å²) < 4.78 is 6.45. The molecular formula is C19H15N3O3S. The number of hydrogen-bond acceptors (Lipinski definition) is 5. The molecule has 0 unspecified atom stereocenters. The molecule has 7 heteroatoms. The van der Waals surface area contributed by atoms with E-state index in [9.17, 15) is 9.59 Å². The van der Waals surface area contributed by atoms with Gasteiger partial charge in [0.2, 0.25) is 5.91 Å². The van der Waals surface area contributed by atoms with Crippen LogP contribution < -0.4 is 11.1 Å². The summed E-state index contributed by atoms with van der Waals surface area (Å²) >= 11 is 1.35. The third kappa shape index (κ3) is 3.04. The van der Waals surface area contributed by atoms with Gasteiger partial charge in [0, 0.05) is 10.9 Å². The number of rotatable bonds is 4. The zero-order chi connectivity index (χ0) is 18.1. The number of nitrogens with zero attached hydrogens (tertiary/aromatic N) is 2. The van der Waals surface area contributed by atoms with E-state index in [1.54, 1.807) is 24.3 Å². The summed E-state index contributed by atoms with van der Waals surface area (Å²) in [6.07, 6.45) is 0. The van der Waals surface area contributed by atoms with Crippen LogP contribution in [0.15, 0.2) is 63.1 Å². The van der Waals surface area contributed by atoms with Gasteiger partial charge in [-0.15, -0.1) is 11.3 Å². The van der Waals surface area contributed by atoms with E-state index < -0.39 is 5.76 Å². The van der Waals surface area contributed by atoms with Crippen molar-refractivity contribution < 1.29 is 9.21 Å². The van der Waals surface area contributed by atoms with Crippen molar-refractivity contribution in [1.82, 2.24) is 9.55 Å². The third-order valence-corrected chi connectivity index (χ3v) is 4.80. The molecule has 0 atom stereocenters. The second-order valence-electron chi connectivity index (χ2n) is 5.82. The molecule has 0 aliphatic rings. The number of anilines is 1. The van der Waals surface area contributed by atoms with Crippen LogP contribution in [0.4, 0.5) is 5.13 Å². The second kappa shape index (κ2) is 6.61. The average Bonchev–Trinajstić information content (AvgIpc) is 3.20. The maximum absolute atomic E-state index is 12.3. The predicted octanol–water partition coefficient (Wildman–Crippen LogP) is 3.67. The number of aryl methyl sites for hydroxylation is 1. The highest BCUT2D eigenvalue weighted by molar-refractivity contribution is 7.14. The number of oxazole rings is 1. The van der Waals surface area contributed by atoms with Crippen LogP contribution in [-0.2, 0) is 11.3 Å². The Morgan fingerprint density at radius 1 is 1.19 bits per heavy atom. The quantitative estimate of drug-likeness (QED) is 0.599. The molecule has 1 amide bonds. The summed E-state index contributed by atoms with van der Waals surface area (Å²) in [7, 11) is 0. The Morgan fingerprint density at radius 3 is 2.81 bits per heavy atom. The predicted molar refractivity (Wildman–Crippen MR) is 101 cm³/mol. The molecule has 0 saturated carbocycles. The molecule has 26 heavy (non-hydrogen) atoms. The van der Waals surface area contributed by atoms with Crippen LogP contribution in [0.25, 0.3) is 22.4 Å². The van der Waals surface area contributed by atoms with Crippen LogP contribution in [0.5, 0.6) is 0 Å². The van der Waals surface area contributed by atoms with E-state index in [-0.39, 0.29) is 12.5 Å². The highest BCUT2D eigenvalue weighted by Gasteiger charge is 2.14. The van der Waals surface area contributed by atoms with Crippen molar-refractivity contribution in [3.63, 3.8) is 0 Å². The minimum atomic E-state index is -0.555. The largest absolute Gasteiger partial charge is 0.420 e. The maximum Gasteiger partial charge on any atom is 0.420 e. The Bertz CT molecular complexity index is 1160. The molecule has 0 aliphatic heterocycles. The van der Waals surface area contributed by atoms with Gasteiger partial charge in [-0.2, -0.15) is 0 Å². The fraction of sp³-hybridized carbons (Fsp3) is 0.105. The number of benzene rings is 2. The zero-order valence-electron chi connectivity index (χ0n) is 13.9. The topological polar surface area (TPSA) is 77.1 Å². The van der Waals surface area contributed by atoms with E-state index in [1.165, 1.54) is 15.9 Å². The average molecular weight is 365 g/mol. The first kappa shape index (κ1) is 16.3. The van der Waals surface area contributed by atoms with Gasteiger partial charge in [-0.05, 0) is 24.6 Å². The Labute approximate surface area is 152 Å². The minimum absolute atomic E-state index is 0.130. The molecule has 2 heterocycles. The molecule has 0 bridgehead atoms. The van der Waals surface area contributed by atoms with Crippen LogP contribution in [0.1, 0.15) is 5.56 Å². The minimum Gasteiger partial charge on any atom is -0.408 e. The Morgan fingerprint density at radius 2 is 1.96 bits per heavy atom. The monoisotopic (exact) mass is 365 g/mol. The number of carbonyl (C=O) groups is 1. The smallest absolute Gasteiger partial charge is 0.408 e. The summed E-state index contributed by atoms with van der Waals surface area (Å²) in [5.74, 6) is -0.884. The van der Waals surface area contributed by atoms with Crippen molar-refractivity contribution in [3.05, 3.63) is 70.0 Å². The first-order valence-corrected chi connectivity index (χ1v) is 8.89. The van der Waals surface area contributed by atoms with Gasteiger partial charge in [-0.3, -0.25) is 9.36 Å². The first-order valence-electron chi connectivity index (χ1n) is 8.01. The number of fused-ring (bicyclic) bond motifs is 1. The summed E-state index contributed by atoms with van der Waals surface area (Å²) in [6.45, 7) is 1.89. The number of thiazole rings is 1. The van der Waals surface area contributed by atoms with Gasteiger partial charge in [-0.1, -0.05) is 36.4 Å². The fourth-order valence-corrected chi connectivity index (χ4v) is 3.51. The number of para-hydroxylation sites is 2. The Balaban J connectivity index is 1.53. The molecule has 0 spiro atoms. The molecule has 6 nitrogen and oxygen atoms in total. The molecule has 0 fully saturated rings. The van der Waals surface area contributed by atoms with Crippen LogP contribution in [-0.4, -0.2) is 15.5 Å². The number of carbonyl (C=O) groups excluding carboxylic acids is 1. The van der Waals surface area contributed by atoms with Crippen LogP contribution in [0, 0.1) is 6.92 Å². The van der Waals surface area contributed by atoms with Gasteiger partial charge >= 0.3 is 5.76 Å². The number of amides is 1. The molecule has 2 aromatic carbocycles. The normalized spacial score (nSPS) is 11.0. The highest BCUT2D eigenvalue weighted by atomic mass is 32.1. The van der Waals surface area contributed by atoms with E-state index in [2.05, 4.69) is 10.3 Å². The van der Waals surface area contributed by atoms with E-state index in [1.807, 2.05) is 36.6 Å². The summed E-state index contributed by atoms with van der Waals surface area (Å²) in [6, 6.07) is 14.9. The summed E-state index contributed by atoms with van der Waals surface area (Å²) in [5, 5.41) is 5.14. The molecule has 4 aromatic rings. The molecule has 4 rings (SSSR count). The number of hydrogen-bond donors (Lipinski definition) is 1. The fourth-order valence-electron chi connectivity index (χ4n) is 2.78. The van der Waals surface area contributed by atoms with Crippen LogP contribution in [0.3, 0.4) is 0 Å². The van der Waals surface area contributed by atoms with E-state index in [0.29, 0.717) is 16.2 Å². The van der Waals surface area contributed by atoms with Crippen LogP contribution >= 0.6 is 11.3 Å². The Kier molecular flexibility index (Phi) is 4.14. The van der Waals surface area contributed by atoms with Crippen molar-refractivity contribution in [2.75, 3.05) is 5.32 Å². The summed E-state index contributed by atoms with van der Waals surface area (Å²) in [5.41, 5.74) is 4.01. The lowest BCUT2D eigenvalue weighted by Crippen LogP contribution is -2.24. The Hall–Kier alpha value is -3.19. The second-order valence-corrected chi connectivity index (χ2v) is 6.68. The van der Waals surface area contributed by atoms with Gasteiger partial charge < -0.3 is 9.73 Å². The molecule has 0 saturated heterocycles. The lowest BCUT2D eigenvalue weighted by Gasteiger charge is -2.03. The van der Waals surface area contributed by atoms with E-state index in [0.717, 1.165) is 16.8 Å². The van der Waals surface area contributed by atoms with E-state index >= 15 is 0 Å². The van der Waals surface area contributed by atoms with Crippen LogP contribution in [0.2, 0.25) is 0 Å². The molecule has 1 N–H and O–H groups in total. The molecule has 0 radical (unpaired) electrons. The molecule has 0 aliphatic carbocycles. The third-order valence-electron chi connectivity index (χ3n) is 4.05. The van der Waals surface area contributed by atoms with Gasteiger partial charge in [0.25, 0.3) is 0 Å². The van der Waals surface area contributed by atoms with Crippen molar-refractivity contribution in [1.29, 1.82) is 0 Å². The lowest BCUT2D eigenvalue weighted by molar-refractivity contribution is -0.116. The molecular weight excluding hydrogens is 350 g/mol. The van der Waals surface area contributed by atoms with Gasteiger partial charge in [0.1, 0.15) is 6.54 Å². The SMILES string of the molecule is Cc1ccccc1-c1csc(NC(=O)Cn2c(=O)oc3ccccc32)n1. The zero-order valence-corrected chi connectivity index (χ0v) is 14.7. The van der Waals surface area contributed by atoms with Crippen molar-refractivity contribution >= 4 is 33.5 Å². The van der Waals surface area contributed by atoms with Crippen molar-refractivity contribution in [2.45, 2.75) is 13.5 Å². The highest BCUT2D eigenvalue weighted by Crippen LogP contribution is 2.27. The molecule has 130 valence electrons. The maximum atomic E-state index is 12.3. The van der Waals surface area contributed by atoms with E-state index in [4.69, 9.17) is 4.42 Å². The van der Waals surface area contributed by atoms with Crippen molar-refractivity contribution in [2.24, 2.45) is 0 Å². The lowest BCUT2D eigenvalue weighted by atomic mass is 10.1.